The topological polar surface area (TPSA) is 27.7 Å². The first-order valence-electron chi connectivity index (χ1n) is 12.2. The van der Waals surface area contributed by atoms with Crippen LogP contribution in [0.3, 0.4) is 0 Å². The highest BCUT2D eigenvalue weighted by molar-refractivity contribution is 5.13. The van der Waals surface area contributed by atoms with Crippen molar-refractivity contribution in [2.75, 3.05) is 7.11 Å². The van der Waals surface area contributed by atoms with Gasteiger partial charge in [-0.25, -0.2) is 0 Å². The van der Waals surface area contributed by atoms with E-state index < -0.39 is 0 Å². The molecule has 1 aromatic rings. The Labute approximate surface area is 179 Å². The number of benzene rings is 1. The van der Waals surface area contributed by atoms with Crippen LogP contribution in [0.5, 0.6) is 0 Å². The lowest BCUT2D eigenvalue weighted by Crippen LogP contribution is -2.38. The van der Waals surface area contributed by atoms with Crippen molar-refractivity contribution >= 4 is 0 Å². The molecule has 3 heteroatoms. The van der Waals surface area contributed by atoms with E-state index in [2.05, 4.69) is 37.3 Å². The third-order valence-corrected chi connectivity index (χ3v) is 6.08. The average Bonchev–Trinajstić information content (AvgIpc) is 2.77. The Hall–Kier alpha value is -0.900. The zero-order chi connectivity index (χ0) is 20.6. The van der Waals surface area contributed by atoms with Crippen molar-refractivity contribution < 1.29 is 14.2 Å². The van der Waals surface area contributed by atoms with E-state index in [9.17, 15) is 0 Å². The highest BCUT2D eigenvalue weighted by atomic mass is 16.7. The average molecular weight is 405 g/mol. The fourth-order valence-corrected chi connectivity index (χ4v) is 4.25. The van der Waals surface area contributed by atoms with E-state index >= 15 is 0 Å². The molecule has 0 saturated carbocycles. The van der Waals surface area contributed by atoms with Gasteiger partial charge >= 0.3 is 0 Å². The van der Waals surface area contributed by atoms with Gasteiger partial charge in [0.05, 0.1) is 18.8 Å². The molecule has 2 rings (SSSR count). The number of ether oxygens (including phenoxy) is 3. The lowest BCUT2D eigenvalue weighted by Gasteiger charge is -2.34. The van der Waals surface area contributed by atoms with E-state index in [1.54, 1.807) is 7.11 Å². The maximum absolute atomic E-state index is 6.36. The van der Waals surface area contributed by atoms with Gasteiger partial charge in [0.2, 0.25) is 0 Å². The van der Waals surface area contributed by atoms with Gasteiger partial charge in [-0.3, -0.25) is 0 Å². The first kappa shape index (κ1) is 24.4. The molecule has 1 aliphatic heterocycles. The van der Waals surface area contributed by atoms with E-state index in [1.165, 1.54) is 69.8 Å². The smallest absolute Gasteiger partial charge is 0.157 e. The minimum absolute atomic E-state index is 0.0655. The lowest BCUT2D eigenvalue weighted by molar-refractivity contribution is -0.212. The predicted octanol–water partition coefficient (Wildman–Crippen LogP) is 7.42. The molecule has 0 amide bonds. The van der Waals surface area contributed by atoms with Gasteiger partial charge in [0, 0.05) is 7.11 Å². The molecular weight excluding hydrogens is 360 g/mol. The molecule has 1 unspecified atom stereocenters. The number of hydrogen-bond acceptors (Lipinski definition) is 3. The molecular formula is C26H44O3. The zero-order valence-electron chi connectivity index (χ0n) is 19.0. The van der Waals surface area contributed by atoms with Gasteiger partial charge in [0.1, 0.15) is 0 Å². The third kappa shape index (κ3) is 10.6. The van der Waals surface area contributed by atoms with Crippen LogP contribution in [0.2, 0.25) is 0 Å². The minimum atomic E-state index is -0.0655. The molecule has 29 heavy (non-hydrogen) atoms. The fourth-order valence-electron chi connectivity index (χ4n) is 4.25. The molecule has 0 radical (unpaired) electrons. The summed E-state index contributed by atoms with van der Waals surface area (Å²) >= 11 is 0. The molecule has 1 aromatic carbocycles. The molecule has 0 bridgehead atoms. The summed E-state index contributed by atoms with van der Waals surface area (Å²) in [7, 11) is 1.75. The maximum Gasteiger partial charge on any atom is 0.157 e. The molecule has 1 aliphatic rings. The lowest BCUT2D eigenvalue weighted by atomic mass is 9.98. The van der Waals surface area contributed by atoms with Crippen LogP contribution in [0.15, 0.2) is 30.3 Å². The Kier molecular flexibility index (Phi) is 13.3. The van der Waals surface area contributed by atoms with E-state index in [0.717, 1.165) is 25.7 Å². The number of hydrogen-bond donors (Lipinski definition) is 0. The normalized spacial score (nSPS) is 20.6. The van der Waals surface area contributed by atoms with E-state index in [0.29, 0.717) is 6.61 Å². The van der Waals surface area contributed by atoms with Crippen LogP contribution in [0.4, 0.5) is 0 Å². The Balaban J connectivity index is 1.67. The Bertz CT molecular complexity index is 490. The second-order valence-electron chi connectivity index (χ2n) is 8.58. The molecule has 1 saturated heterocycles. The van der Waals surface area contributed by atoms with Crippen LogP contribution >= 0.6 is 0 Å². The summed E-state index contributed by atoms with van der Waals surface area (Å²) in [6.45, 7) is 2.95. The molecule has 0 aromatic heterocycles. The summed E-state index contributed by atoms with van der Waals surface area (Å²) in [5.41, 5.74) is 1.24. The van der Waals surface area contributed by atoms with Crippen molar-refractivity contribution in [3.05, 3.63) is 35.9 Å². The van der Waals surface area contributed by atoms with Gasteiger partial charge in [0.25, 0.3) is 0 Å². The summed E-state index contributed by atoms with van der Waals surface area (Å²) in [6, 6.07) is 10.5. The summed E-state index contributed by atoms with van der Waals surface area (Å²) in [4.78, 5) is 0. The summed E-state index contributed by atoms with van der Waals surface area (Å²) in [5.74, 6) is 0. The second-order valence-corrected chi connectivity index (χ2v) is 8.58. The van der Waals surface area contributed by atoms with Crippen LogP contribution < -0.4 is 0 Å². The maximum atomic E-state index is 6.36. The first-order chi connectivity index (χ1) is 14.3. The number of rotatable bonds is 16. The van der Waals surface area contributed by atoms with Gasteiger partial charge < -0.3 is 14.2 Å². The molecule has 0 aliphatic carbocycles. The van der Waals surface area contributed by atoms with Crippen molar-refractivity contribution in [3.63, 3.8) is 0 Å². The molecule has 0 spiro atoms. The zero-order valence-corrected chi connectivity index (χ0v) is 19.0. The monoisotopic (exact) mass is 404 g/mol. The van der Waals surface area contributed by atoms with Crippen LogP contribution in [0, 0.1) is 0 Å². The molecule has 3 atom stereocenters. The minimum Gasteiger partial charge on any atom is -0.371 e. The van der Waals surface area contributed by atoms with E-state index in [-0.39, 0.29) is 18.5 Å². The van der Waals surface area contributed by atoms with Crippen molar-refractivity contribution in [2.45, 2.75) is 122 Å². The van der Waals surface area contributed by atoms with Crippen LogP contribution in [-0.4, -0.2) is 25.6 Å². The molecule has 1 heterocycles. The van der Waals surface area contributed by atoms with Gasteiger partial charge in [0.15, 0.2) is 6.29 Å². The summed E-state index contributed by atoms with van der Waals surface area (Å²) in [5, 5.41) is 0. The Morgan fingerprint density at radius 1 is 0.897 bits per heavy atom. The number of methoxy groups -OCH3 is 1. The van der Waals surface area contributed by atoms with Gasteiger partial charge in [-0.1, -0.05) is 101 Å². The van der Waals surface area contributed by atoms with Crippen LogP contribution in [-0.2, 0) is 20.8 Å². The third-order valence-electron chi connectivity index (χ3n) is 6.08. The van der Waals surface area contributed by atoms with E-state index in [1.807, 2.05) is 0 Å². The van der Waals surface area contributed by atoms with Gasteiger partial charge in [-0.05, 0) is 31.2 Å². The highest BCUT2D eigenvalue weighted by Crippen LogP contribution is 2.26. The van der Waals surface area contributed by atoms with Crippen molar-refractivity contribution in [2.24, 2.45) is 0 Å². The first-order valence-corrected chi connectivity index (χ1v) is 12.2. The molecule has 166 valence electrons. The SMILES string of the molecule is CCCCCCCCCCCC[C@H](OCc1ccccc1)[C@@H]1CCCC(OC)O1. The summed E-state index contributed by atoms with van der Waals surface area (Å²) in [6.07, 6.45) is 18.2. The van der Waals surface area contributed by atoms with Crippen molar-refractivity contribution in [1.29, 1.82) is 0 Å². The predicted molar refractivity (Wildman–Crippen MR) is 121 cm³/mol. The second kappa shape index (κ2) is 15.9. The largest absolute Gasteiger partial charge is 0.371 e. The fraction of sp³-hybridized carbons (Fsp3) is 0.769. The van der Waals surface area contributed by atoms with Crippen LogP contribution in [0.1, 0.15) is 102 Å². The van der Waals surface area contributed by atoms with E-state index in [4.69, 9.17) is 14.2 Å². The quantitative estimate of drug-likeness (QED) is 0.268. The standard InChI is InChI=1S/C26H44O3/c1-3-4-5-6-7-8-9-10-11-15-19-24(25-20-16-21-26(27-2)29-25)28-22-23-17-13-12-14-18-23/h12-14,17-18,24-26H,3-11,15-16,19-22H2,1-2H3/t24-,25-,26?/m0/s1. The Morgan fingerprint density at radius 2 is 1.55 bits per heavy atom. The van der Waals surface area contributed by atoms with Gasteiger partial charge in [-0.2, -0.15) is 0 Å². The summed E-state index contributed by atoms with van der Waals surface area (Å²) < 4.78 is 18.0. The van der Waals surface area contributed by atoms with Crippen LogP contribution in [0.25, 0.3) is 0 Å². The van der Waals surface area contributed by atoms with Gasteiger partial charge in [-0.15, -0.1) is 0 Å². The van der Waals surface area contributed by atoms with Crippen molar-refractivity contribution in [1.82, 2.24) is 0 Å². The molecule has 1 fully saturated rings. The molecule has 0 N–H and O–H groups in total. The Morgan fingerprint density at radius 3 is 2.21 bits per heavy atom. The molecule has 3 nitrogen and oxygen atoms in total. The number of unbranched alkanes of at least 4 members (excludes halogenated alkanes) is 9. The van der Waals surface area contributed by atoms with Crippen molar-refractivity contribution in [3.8, 4) is 0 Å². The highest BCUT2D eigenvalue weighted by Gasteiger charge is 2.29.